The molecule has 1 aromatic heterocycles. The van der Waals surface area contributed by atoms with E-state index >= 15 is 0 Å². The summed E-state index contributed by atoms with van der Waals surface area (Å²) in [6.07, 6.45) is 3.13. The molecule has 144 valence electrons. The van der Waals surface area contributed by atoms with Crippen LogP contribution in [0.1, 0.15) is 28.9 Å². The van der Waals surface area contributed by atoms with Crippen LogP contribution in [0.3, 0.4) is 0 Å². The molecule has 8 heteroatoms. The van der Waals surface area contributed by atoms with Gasteiger partial charge in [0.15, 0.2) is 11.5 Å². The summed E-state index contributed by atoms with van der Waals surface area (Å²) in [4.78, 5) is 18.6. The van der Waals surface area contributed by atoms with Gasteiger partial charge in [0.2, 0.25) is 0 Å². The van der Waals surface area contributed by atoms with Gasteiger partial charge >= 0.3 is 0 Å². The van der Waals surface area contributed by atoms with Crippen molar-refractivity contribution < 1.29 is 14.3 Å². The molecule has 7 nitrogen and oxygen atoms in total. The Labute approximate surface area is 167 Å². The number of carbonyl (C=O) groups is 1. The Bertz CT molecular complexity index is 989. The molecule has 0 bridgehead atoms. The van der Waals surface area contributed by atoms with E-state index in [1.807, 2.05) is 31.2 Å². The van der Waals surface area contributed by atoms with E-state index in [-0.39, 0.29) is 11.9 Å². The largest absolute Gasteiger partial charge is 0.486 e. The number of benzene rings is 2. The number of amides is 1. The zero-order chi connectivity index (χ0) is 19.7. The third-order valence-corrected chi connectivity index (χ3v) is 5.08. The van der Waals surface area contributed by atoms with Crippen LogP contribution < -0.4 is 9.47 Å². The van der Waals surface area contributed by atoms with E-state index in [1.165, 1.54) is 6.33 Å². The Morgan fingerprint density at radius 3 is 2.68 bits per heavy atom. The van der Waals surface area contributed by atoms with Crippen molar-refractivity contribution in [3.05, 3.63) is 65.2 Å². The SMILES string of the molecule is CC(c1ccc(-n2cncn2)cc1)N(C)C(=O)c1cc(Cl)c2c(c1)OCCO2. The molecule has 0 aliphatic carbocycles. The average Bonchev–Trinajstić information content (AvgIpc) is 3.27. The lowest BCUT2D eigenvalue weighted by atomic mass is 10.1. The molecule has 3 aromatic rings. The van der Waals surface area contributed by atoms with Crippen LogP contribution in [-0.4, -0.2) is 45.8 Å². The predicted octanol–water partition coefficient (Wildman–Crippen LogP) is 3.53. The normalized spacial score (nSPS) is 13.8. The van der Waals surface area contributed by atoms with E-state index in [9.17, 15) is 4.79 Å². The molecule has 1 aliphatic heterocycles. The number of hydrogen-bond donors (Lipinski definition) is 0. The Kier molecular flexibility index (Phi) is 4.92. The highest BCUT2D eigenvalue weighted by Gasteiger charge is 2.23. The summed E-state index contributed by atoms with van der Waals surface area (Å²) in [5, 5.41) is 4.49. The summed E-state index contributed by atoms with van der Waals surface area (Å²) in [7, 11) is 1.77. The Balaban J connectivity index is 1.54. The lowest BCUT2D eigenvalue weighted by Crippen LogP contribution is -2.30. The topological polar surface area (TPSA) is 69.5 Å². The molecule has 0 saturated carbocycles. The number of aromatic nitrogens is 3. The number of hydrogen-bond acceptors (Lipinski definition) is 5. The summed E-state index contributed by atoms with van der Waals surface area (Å²) >= 11 is 6.27. The van der Waals surface area contributed by atoms with E-state index < -0.39 is 0 Å². The van der Waals surface area contributed by atoms with Gasteiger partial charge in [-0.25, -0.2) is 9.67 Å². The van der Waals surface area contributed by atoms with Crippen LogP contribution in [0.15, 0.2) is 49.1 Å². The first-order valence-corrected chi connectivity index (χ1v) is 9.23. The zero-order valence-corrected chi connectivity index (χ0v) is 16.3. The average molecular weight is 399 g/mol. The molecule has 0 saturated heterocycles. The molecule has 28 heavy (non-hydrogen) atoms. The molecule has 2 heterocycles. The van der Waals surface area contributed by atoms with Gasteiger partial charge in [0.1, 0.15) is 25.9 Å². The molecule has 1 unspecified atom stereocenters. The van der Waals surface area contributed by atoms with Gasteiger partial charge in [0.05, 0.1) is 16.8 Å². The lowest BCUT2D eigenvalue weighted by molar-refractivity contribution is 0.0741. The highest BCUT2D eigenvalue weighted by molar-refractivity contribution is 6.32. The highest BCUT2D eigenvalue weighted by Crippen LogP contribution is 2.39. The van der Waals surface area contributed by atoms with Crippen LogP contribution in [0.5, 0.6) is 11.5 Å². The quantitative estimate of drug-likeness (QED) is 0.672. The summed E-state index contributed by atoms with van der Waals surface area (Å²) in [6.45, 7) is 2.86. The standard InChI is InChI=1S/C20H19ClN4O3/c1-13(14-3-5-16(6-4-14)25-12-22-11-23-25)24(2)20(26)15-9-17(21)19-18(10-15)27-7-8-28-19/h3-6,9-13H,7-8H2,1-2H3. The van der Waals surface area contributed by atoms with Crippen molar-refractivity contribution in [1.29, 1.82) is 0 Å². The fourth-order valence-electron chi connectivity index (χ4n) is 3.08. The monoisotopic (exact) mass is 398 g/mol. The molecule has 0 fully saturated rings. The Morgan fingerprint density at radius 2 is 1.96 bits per heavy atom. The first-order chi connectivity index (χ1) is 13.5. The van der Waals surface area contributed by atoms with Crippen molar-refractivity contribution in [3.63, 3.8) is 0 Å². The van der Waals surface area contributed by atoms with Gasteiger partial charge < -0.3 is 14.4 Å². The van der Waals surface area contributed by atoms with Gasteiger partial charge in [-0.05, 0) is 36.8 Å². The summed E-state index contributed by atoms with van der Waals surface area (Å²) < 4.78 is 12.8. The number of halogens is 1. The summed E-state index contributed by atoms with van der Waals surface area (Å²) in [5.41, 5.74) is 2.37. The van der Waals surface area contributed by atoms with E-state index in [1.54, 1.807) is 35.1 Å². The molecule has 1 amide bonds. The minimum absolute atomic E-state index is 0.135. The van der Waals surface area contributed by atoms with Crippen LogP contribution in [0.4, 0.5) is 0 Å². The smallest absolute Gasteiger partial charge is 0.254 e. The van der Waals surface area contributed by atoms with Crippen molar-refractivity contribution in [2.24, 2.45) is 0 Å². The van der Waals surface area contributed by atoms with Crippen molar-refractivity contribution in [2.45, 2.75) is 13.0 Å². The van der Waals surface area contributed by atoms with E-state index in [2.05, 4.69) is 10.1 Å². The van der Waals surface area contributed by atoms with Gasteiger partial charge in [-0.3, -0.25) is 4.79 Å². The molecule has 1 aliphatic rings. The molecular weight excluding hydrogens is 380 g/mol. The molecule has 4 rings (SSSR count). The number of rotatable bonds is 4. The second-order valence-corrected chi connectivity index (χ2v) is 6.91. The minimum Gasteiger partial charge on any atom is -0.486 e. The van der Waals surface area contributed by atoms with Gasteiger partial charge in [-0.15, -0.1) is 0 Å². The zero-order valence-electron chi connectivity index (χ0n) is 15.5. The number of nitrogens with zero attached hydrogens (tertiary/aromatic N) is 4. The maximum Gasteiger partial charge on any atom is 0.254 e. The summed E-state index contributed by atoms with van der Waals surface area (Å²) in [6, 6.07) is 11.0. The third-order valence-electron chi connectivity index (χ3n) is 4.80. The first-order valence-electron chi connectivity index (χ1n) is 8.86. The highest BCUT2D eigenvalue weighted by atomic mass is 35.5. The van der Waals surface area contributed by atoms with E-state index in [0.717, 1.165) is 11.3 Å². The lowest BCUT2D eigenvalue weighted by Gasteiger charge is -2.26. The van der Waals surface area contributed by atoms with Crippen molar-refractivity contribution >= 4 is 17.5 Å². The number of fused-ring (bicyclic) bond motifs is 1. The first kappa shape index (κ1) is 18.3. The van der Waals surface area contributed by atoms with Crippen LogP contribution in [-0.2, 0) is 0 Å². The van der Waals surface area contributed by atoms with Crippen molar-refractivity contribution in [2.75, 3.05) is 20.3 Å². The second kappa shape index (κ2) is 7.52. The van der Waals surface area contributed by atoms with Gasteiger partial charge in [0.25, 0.3) is 5.91 Å². The predicted molar refractivity (Wildman–Crippen MR) is 104 cm³/mol. The molecule has 2 aromatic carbocycles. The number of carbonyl (C=O) groups excluding carboxylic acids is 1. The number of ether oxygens (including phenoxy) is 2. The van der Waals surface area contributed by atoms with Crippen molar-refractivity contribution in [3.8, 4) is 17.2 Å². The molecule has 1 atom stereocenters. The Morgan fingerprint density at radius 1 is 1.21 bits per heavy atom. The van der Waals surface area contributed by atoms with E-state index in [0.29, 0.717) is 35.3 Å². The maximum atomic E-state index is 13.0. The van der Waals surface area contributed by atoms with Crippen molar-refractivity contribution in [1.82, 2.24) is 19.7 Å². The van der Waals surface area contributed by atoms with E-state index in [4.69, 9.17) is 21.1 Å². The maximum absolute atomic E-state index is 13.0. The fourth-order valence-corrected chi connectivity index (χ4v) is 3.35. The van der Waals surface area contributed by atoms with Crippen LogP contribution in [0, 0.1) is 0 Å². The molecule has 0 N–H and O–H groups in total. The second-order valence-electron chi connectivity index (χ2n) is 6.51. The molecular formula is C20H19ClN4O3. The Hall–Kier alpha value is -3.06. The molecule has 0 spiro atoms. The van der Waals surface area contributed by atoms with Crippen LogP contribution >= 0.6 is 11.6 Å². The molecule has 0 radical (unpaired) electrons. The third kappa shape index (κ3) is 3.41. The van der Waals surface area contributed by atoms with Gasteiger partial charge in [0, 0.05) is 12.6 Å². The van der Waals surface area contributed by atoms with Gasteiger partial charge in [-0.1, -0.05) is 23.7 Å². The minimum atomic E-state index is -0.147. The summed E-state index contributed by atoms with van der Waals surface area (Å²) in [5.74, 6) is 0.843. The fraction of sp³-hybridized carbons (Fsp3) is 0.250. The van der Waals surface area contributed by atoms with Crippen LogP contribution in [0.2, 0.25) is 5.02 Å². The van der Waals surface area contributed by atoms with Crippen LogP contribution in [0.25, 0.3) is 5.69 Å². The van der Waals surface area contributed by atoms with Gasteiger partial charge in [-0.2, -0.15) is 5.10 Å².